The highest BCUT2D eigenvalue weighted by Crippen LogP contribution is 2.31. The van der Waals surface area contributed by atoms with E-state index >= 15 is 0 Å². The zero-order valence-corrected chi connectivity index (χ0v) is 14.5. The fourth-order valence-corrected chi connectivity index (χ4v) is 2.83. The fourth-order valence-electron chi connectivity index (χ4n) is 2.83. The van der Waals surface area contributed by atoms with Crippen molar-refractivity contribution in [2.24, 2.45) is 5.92 Å². The number of fused-ring (bicyclic) bond motifs is 3. The number of hydrogen-bond acceptors (Lipinski definition) is 4. The zero-order chi connectivity index (χ0) is 18.0. The molecular weight excluding hydrogens is 316 g/mol. The lowest BCUT2D eigenvalue weighted by Gasteiger charge is -2.16. The first-order valence-electron chi connectivity index (χ1n) is 8.33. The van der Waals surface area contributed by atoms with Gasteiger partial charge in [-0.3, -0.25) is 0 Å². The molecule has 2 heterocycles. The Labute approximate surface area is 146 Å². The van der Waals surface area contributed by atoms with Crippen LogP contribution in [0.2, 0.25) is 0 Å². The van der Waals surface area contributed by atoms with Gasteiger partial charge >= 0.3 is 5.97 Å². The zero-order valence-electron chi connectivity index (χ0n) is 14.5. The Bertz CT molecular complexity index is 968. The Morgan fingerprint density at radius 3 is 2.76 bits per heavy atom. The van der Waals surface area contributed by atoms with Crippen molar-refractivity contribution in [2.75, 3.05) is 6.61 Å². The average molecular weight is 336 g/mol. The molecule has 0 amide bonds. The lowest BCUT2D eigenvalue weighted by Crippen LogP contribution is -2.19. The van der Waals surface area contributed by atoms with Crippen molar-refractivity contribution in [3.63, 3.8) is 0 Å². The van der Waals surface area contributed by atoms with Crippen molar-refractivity contribution < 1.29 is 14.3 Å². The second-order valence-corrected chi connectivity index (χ2v) is 5.97. The summed E-state index contributed by atoms with van der Waals surface area (Å²) in [6, 6.07) is 13.5. The Hall–Kier alpha value is -3.00. The molecule has 0 aliphatic carbocycles. The molecule has 3 rings (SSSR count). The molecule has 5 heteroatoms. The van der Waals surface area contributed by atoms with E-state index in [4.69, 9.17) is 14.7 Å². The minimum atomic E-state index is -0.332. The predicted molar refractivity (Wildman–Crippen MR) is 95.7 cm³/mol. The molecule has 25 heavy (non-hydrogen) atoms. The van der Waals surface area contributed by atoms with Crippen molar-refractivity contribution in [2.45, 2.75) is 26.9 Å². The van der Waals surface area contributed by atoms with Crippen LogP contribution in [0, 0.1) is 17.2 Å². The van der Waals surface area contributed by atoms with Gasteiger partial charge in [-0.1, -0.05) is 6.07 Å². The third kappa shape index (κ3) is 3.03. The predicted octanol–water partition coefficient (Wildman–Crippen LogP) is 4.20. The van der Waals surface area contributed by atoms with E-state index in [1.54, 1.807) is 6.92 Å². The summed E-state index contributed by atoms with van der Waals surface area (Å²) in [6.45, 7) is 5.82. The molecule has 2 aromatic heterocycles. The van der Waals surface area contributed by atoms with Crippen LogP contribution in [0.1, 0.15) is 31.1 Å². The van der Waals surface area contributed by atoms with E-state index in [2.05, 4.69) is 6.07 Å². The number of esters is 1. The van der Waals surface area contributed by atoms with Gasteiger partial charge in [0.1, 0.15) is 11.9 Å². The molecule has 0 fully saturated rings. The molecule has 5 nitrogen and oxygen atoms in total. The molecule has 0 saturated carbocycles. The number of nitriles is 1. The molecule has 0 N–H and O–H groups in total. The number of carbonyl (C=O) groups excluding carboxylic acids is 1. The van der Waals surface area contributed by atoms with Gasteiger partial charge in [-0.05, 0) is 45.0 Å². The molecule has 0 spiro atoms. The normalized spacial score (nSPS) is 13.4. The standard InChI is InChI=1S/C20H20N2O3/c1-4-24-20(23)19-16-9-8-15(25-14(3)13(2)12-21)11-18(16)22-10-6-5-7-17(19)22/h5-11,13-14H,4H2,1-3H3. The highest BCUT2D eigenvalue weighted by Gasteiger charge is 2.20. The summed E-state index contributed by atoms with van der Waals surface area (Å²) in [5.74, 6) is 0.122. The lowest BCUT2D eigenvalue weighted by molar-refractivity contribution is 0.0531. The third-order valence-corrected chi connectivity index (χ3v) is 4.32. The number of ether oxygens (including phenoxy) is 2. The van der Waals surface area contributed by atoms with Crippen molar-refractivity contribution in [3.05, 3.63) is 48.2 Å². The molecule has 0 aliphatic rings. The summed E-state index contributed by atoms with van der Waals surface area (Å²) in [5.41, 5.74) is 2.22. The van der Waals surface area contributed by atoms with Crippen LogP contribution >= 0.6 is 0 Å². The summed E-state index contributed by atoms with van der Waals surface area (Å²) < 4.78 is 13.1. The average Bonchev–Trinajstić information content (AvgIpc) is 2.95. The van der Waals surface area contributed by atoms with E-state index in [-0.39, 0.29) is 18.0 Å². The van der Waals surface area contributed by atoms with Crippen LogP contribution in [0.4, 0.5) is 0 Å². The van der Waals surface area contributed by atoms with Gasteiger partial charge in [-0.2, -0.15) is 5.26 Å². The van der Waals surface area contributed by atoms with E-state index in [9.17, 15) is 4.79 Å². The first-order valence-corrected chi connectivity index (χ1v) is 8.33. The second-order valence-electron chi connectivity index (χ2n) is 5.97. The lowest BCUT2D eigenvalue weighted by atomic mass is 10.1. The van der Waals surface area contributed by atoms with Gasteiger partial charge in [0, 0.05) is 17.6 Å². The van der Waals surface area contributed by atoms with Gasteiger partial charge < -0.3 is 13.9 Å². The fraction of sp³-hybridized carbons (Fsp3) is 0.300. The molecule has 1 aromatic carbocycles. The molecule has 2 atom stereocenters. The first-order chi connectivity index (χ1) is 12.1. The number of rotatable bonds is 5. The van der Waals surface area contributed by atoms with Crippen LogP contribution in [0.5, 0.6) is 5.75 Å². The van der Waals surface area contributed by atoms with Gasteiger partial charge in [-0.15, -0.1) is 0 Å². The summed E-state index contributed by atoms with van der Waals surface area (Å²) in [6.07, 6.45) is 1.68. The number of pyridine rings is 1. The van der Waals surface area contributed by atoms with Crippen LogP contribution in [0.25, 0.3) is 16.4 Å². The van der Waals surface area contributed by atoms with Crippen molar-refractivity contribution in [1.82, 2.24) is 4.40 Å². The number of nitrogens with zero attached hydrogens (tertiary/aromatic N) is 2. The first kappa shape index (κ1) is 16.8. The molecule has 0 saturated heterocycles. The van der Waals surface area contributed by atoms with E-state index < -0.39 is 0 Å². The summed E-state index contributed by atoms with van der Waals surface area (Å²) in [5, 5.41) is 9.84. The minimum absolute atomic E-state index is 0.213. The Kier molecular flexibility index (Phi) is 4.62. The highest BCUT2D eigenvalue weighted by molar-refractivity contribution is 6.11. The van der Waals surface area contributed by atoms with Crippen LogP contribution in [0.15, 0.2) is 42.6 Å². The van der Waals surface area contributed by atoms with Crippen LogP contribution in [-0.2, 0) is 4.74 Å². The van der Waals surface area contributed by atoms with Gasteiger partial charge in [0.05, 0.1) is 35.2 Å². The Morgan fingerprint density at radius 2 is 2.04 bits per heavy atom. The topological polar surface area (TPSA) is 63.7 Å². The second kappa shape index (κ2) is 6.86. The summed E-state index contributed by atoms with van der Waals surface area (Å²) in [7, 11) is 0. The maximum Gasteiger partial charge on any atom is 0.340 e. The number of carbonyl (C=O) groups is 1. The summed E-state index contributed by atoms with van der Waals surface area (Å²) >= 11 is 0. The number of aromatic nitrogens is 1. The van der Waals surface area contributed by atoms with Crippen molar-refractivity contribution >= 4 is 22.4 Å². The van der Waals surface area contributed by atoms with Gasteiger partial charge in [0.25, 0.3) is 0 Å². The quantitative estimate of drug-likeness (QED) is 0.655. The molecular formula is C20H20N2O3. The van der Waals surface area contributed by atoms with E-state index in [0.29, 0.717) is 17.9 Å². The van der Waals surface area contributed by atoms with E-state index in [1.165, 1.54) is 0 Å². The summed E-state index contributed by atoms with van der Waals surface area (Å²) in [4.78, 5) is 12.4. The minimum Gasteiger partial charge on any atom is -0.489 e. The molecule has 128 valence electrons. The molecule has 0 bridgehead atoms. The maximum absolute atomic E-state index is 12.4. The van der Waals surface area contributed by atoms with Gasteiger partial charge in [0.2, 0.25) is 0 Å². The largest absolute Gasteiger partial charge is 0.489 e. The van der Waals surface area contributed by atoms with Crippen molar-refractivity contribution in [3.8, 4) is 11.8 Å². The Balaban J connectivity index is 2.13. The SMILES string of the molecule is CCOC(=O)c1c2ccc(OC(C)C(C)C#N)cc2n2ccccc12. The molecule has 0 radical (unpaired) electrons. The number of benzene rings is 1. The van der Waals surface area contributed by atoms with Gasteiger partial charge in [0.15, 0.2) is 0 Å². The molecule has 2 unspecified atom stereocenters. The smallest absolute Gasteiger partial charge is 0.340 e. The van der Waals surface area contributed by atoms with Crippen molar-refractivity contribution in [1.29, 1.82) is 5.26 Å². The Morgan fingerprint density at radius 1 is 1.24 bits per heavy atom. The highest BCUT2D eigenvalue weighted by atomic mass is 16.5. The van der Waals surface area contributed by atoms with E-state index in [0.717, 1.165) is 16.4 Å². The third-order valence-electron chi connectivity index (χ3n) is 4.32. The molecule has 3 aromatic rings. The monoisotopic (exact) mass is 336 g/mol. The van der Waals surface area contributed by atoms with Crippen LogP contribution < -0.4 is 4.74 Å². The van der Waals surface area contributed by atoms with Gasteiger partial charge in [-0.25, -0.2) is 4.79 Å². The van der Waals surface area contributed by atoms with E-state index in [1.807, 2.05) is 60.8 Å². The van der Waals surface area contributed by atoms with Crippen LogP contribution in [0.3, 0.4) is 0 Å². The molecule has 0 aliphatic heterocycles. The maximum atomic E-state index is 12.4. The number of hydrogen-bond donors (Lipinski definition) is 0. The van der Waals surface area contributed by atoms with Crippen LogP contribution in [-0.4, -0.2) is 23.1 Å².